The van der Waals surface area contributed by atoms with E-state index in [0.717, 1.165) is 43.6 Å². The summed E-state index contributed by atoms with van der Waals surface area (Å²) >= 11 is 0. The molecule has 0 radical (unpaired) electrons. The Hall–Kier alpha value is -0.980. The number of nitrogen functional groups attached to an aromatic ring is 1. The maximum Gasteiger partial charge on any atom is 0.223 e. The van der Waals surface area contributed by atoms with Crippen LogP contribution < -0.4 is 21.3 Å². The van der Waals surface area contributed by atoms with Gasteiger partial charge in [-0.3, -0.25) is 0 Å². The zero-order valence-corrected chi connectivity index (χ0v) is 13.8. The second-order valence-corrected chi connectivity index (χ2v) is 5.51. The van der Waals surface area contributed by atoms with Crippen molar-refractivity contribution in [3.05, 3.63) is 6.07 Å². The molecule has 2 heterocycles. The van der Waals surface area contributed by atoms with Crippen LogP contribution in [0.2, 0.25) is 0 Å². The monoisotopic (exact) mass is 334 g/mol. The number of nitrogens with two attached hydrogens (primary N) is 1. The summed E-state index contributed by atoms with van der Waals surface area (Å²) in [5.74, 6) is 2.95. The Kier molecular flexibility index (Phi) is 6.77. The molecular formula is C13H24Cl2N6. The van der Waals surface area contributed by atoms with Crippen LogP contribution in [0.4, 0.5) is 17.6 Å². The van der Waals surface area contributed by atoms with E-state index in [-0.39, 0.29) is 24.8 Å². The average molecular weight is 335 g/mol. The molecule has 6 nitrogen and oxygen atoms in total. The van der Waals surface area contributed by atoms with E-state index in [4.69, 9.17) is 5.73 Å². The van der Waals surface area contributed by atoms with E-state index < -0.39 is 0 Å². The molecule has 3 rings (SSSR count). The molecule has 1 aromatic heterocycles. The number of likely N-dealkylation sites (N-methyl/N-ethyl adjacent to an activating group) is 1. The molecule has 1 atom stereocenters. The molecule has 2 aliphatic rings. The molecule has 1 aliphatic carbocycles. The number of anilines is 3. The first-order valence-corrected chi connectivity index (χ1v) is 7.05. The fraction of sp³-hybridized carbons (Fsp3) is 0.692. The van der Waals surface area contributed by atoms with Gasteiger partial charge in [0.25, 0.3) is 0 Å². The van der Waals surface area contributed by atoms with Crippen LogP contribution in [0.5, 0.6) is 0 Å². The first-order valence-electron chi connectivity index (χ1n) is 7.05. The maximum atomic E-state index is 5.81. The minimum absolute atomic E-state index is 0. The van der Waals surface area contributed by atoms with Crippen LogP contribution >= 0.6 is 24.8 Å². The molecule has 120 valence electrons. The van der Waals surface area contributed by atoms with Crippen LogP contribution in [0.25, 0.3) is 0 Å². The lowest BCUT2D eigenvalue weighted by Crippen LogP contribution is -2.30. The van der Waals surface area contributed by atoms with Crippen LogP contribution in [-0.4, -0.2) is 42.7 Å². The first kappa shape index (κ1) is 18.1. The van der Waals surface area contributed by atoms with Crippen molar-refractivity contribution in [2.45, 2.75) is 25.3 Å². The van der Waals surface area contributed by atoms with Crippen LogP contribution in [0.3, 0.4) is 0 Å². The molecule has 0 amide bonds. The highest BCUT2D eigenvalue weighted by Gasteiger charge is 2.24. The predicted molar refractivity (Wildman–Crippen MR) is 91.8 cm³/mol. The Morgan fingerprint density at radius 3 is 2.67 bits per heavy atom. The molecule has 4 N–H and O–H groups in total. The largest absolute Gasteiger partial charge is 0.370 e. The fourth-order valence-electron chi connectivity index (χ4n) is 2.48. The zero-order chi connectivity index (χ0) is 13.2. The van der Waals surface area contributed by atoms with Gasteiger partial charge in [-0.2, -0.15) is 9.97 Å². The summed E-state index contributed by atoms with van der Waals surface area (Å²) in [5.41, 5.74) is 5.81. The van der Waals surface area contributed by atoms with Gasteiger partial charge in [0.1, 0.15) is 11.6 Å². The maximum absolute atomic E-state index is 5.81. The Morgan fingerprint density at radius 2 is 2.05 bits per heavy atom. The smallest absolute Gasteiger partial charge is 0.223 e. The van der Waals surface area contributed by atoms with Crippen molar-refractivity contribution in [3.8, 4) is 0 Å². The van der Waals surface area contributed by atoms with Crippen LogP contribution in [0.15, 0.2) is 6.07 Å². The molecule has 21 heavy (non-hydrogen) atoms. The molecule has 0 unspecified atom stereocenters. The predicted octanol–water partition coefficient (Wildman–Crippen LogP) is 1.52. The van der Waals surface area contributed by atoms with Crippen LogP contribution in [0.1, 0.15) is 19.3 Å². The van der Waals surface area contributed by atoms with E-state index in [2.05, 4.69) is 25.5 Å². The quantitative estimate of drug-likeness (QED) is 0.757. The molecule has 1 saturated carbocycles. The van der Waals surface area contributed by atoms with Gasteiger partial charge in [-0.15, -0.1) is 24.8 Å². The van der Waals surface area contributed by atoms with Crippen molar-refractivity contribution in [2.24, 2.45) is 5.92 Å². The zero-order valence-electron chi connectivity index (χ0n) is 12.2. The number of hydrogen-bond acceptors (Lipinski definition) is 6. The van der Waals surface area contributed by atoms with Gasteiger partial charge in [0, 0.05) is 31.7 Å². The second-order valence-electron chi connectivity index (χ2n) is 5.51. The molecule has 1 saturated heterocycles. The summed E-state index contributed by atoms with van der Waals surface area (Å²) in [7, 11) is 2.01. The van der Waals surface area contributed by atoms with Gasteiger partial charge in [0.15, 0.2) is 0 Å². The molecular weight excluding hydrogens is 311 g/mol. The highest BCUT2D eigenvalue weighted by atomic mass is 35.5. The number of nitrogens with one attached hydrogen (secondary N) is 2. The van der Waals surface area contributed by atoms with Crippen molar-refractivity contribution in [1.29, 1.82) is 0 Å². The molecule has 8 heteroatoms. The van der Waals surface area contributed by atoms with E-state index in [0.29, 0.717) is 12.0 Å². The molecule has 1 aromatic rings. The van der Waals surface area contributed by atoms with E-state index in [1.165, 1.54) is 12.8 Å². The SMILES string of the molecule is CN[C@@H]1CCN(c2cc(NCC3CC3)nc(N)n2)C1.Cl.Cl. The van der Waals surface area contributed by atoms with Crippen molar-refractivity contribution in [1.82, 2.24) is 15.3 Å². The Balaban J connectivity index is 0.00000110. The third-order valence-electron chi connectivity index (χ3n) is 3.92. The third-order valence-corrected chi connectivity index (χ3v) is 3.92. The summed E-state index contributed by atoms with van der Waals surface area (Å²) in [6.45, 7) is 2.99. The Labute approximate surface area is 138 Å². The summed E-state index contributed by atoms with van der Waals surface area (Å²) in [5, 5.41) is 6.67. The molecule has 0 bridgehead atoms. The average Bonchev–Trinajstić information content (AvgIpc) is 3.11. The topological polar surface area (TPSA) is 79.1 Å². The van der Waals surface area contributed by atoms with Crippen LogP contribution in [0, 0.1) is 5.92 Å². The van der Waals surface area contributed by atoms with Crippen molar-refractivity contribution >= 4 is 42.4 Å². The van der Waals surface area contributed by atoms with Crippen molar-refractivity contribution < 1.29 is 0 Å². The van der Waals surface area contributed by atoms with Crippen molar-refractivity contribution in [3.63, 3.8) is 0 Å². The number of nitrogens with zero attached hydrogens (tertiary/aromatic N) is 3. The highest BCUT2D eigenvalue weighted by molar-refractivity contribution is 5.85. The van der Waals surface area contributed by atoms with E-state index in [1.54, 1.807) is 0 Å². The van der Waals surface area contributed by atoms with Crippen LogP contribution in [-0.2, 0) is 0 Å². The lowest BCUT2D eigenvalue weighted by Gasteiger charge is -2.18. The van der Waals surface area contributed by atoms with Gasteiger partial charge in [-0.1, -0.05) is 0 Å². The van der Waals surface area contributed by atoms with Gasteiger partial charge in [0.2, 0.25) is 5.95 Å². The Bertz CT molecular complexity index is 454. The van der Waals surface area contributed by atoms with Gasteiger partial charge in [-0.25, -0.2) is 0 Å². The van der Waals surface area contributed by atoms with Gasteiger partial charge >= 0.3 is 0 Å². The highest BCUT2D eigenvalue weighted by Crippen LogP contribution is 2.29. The minimum Gasteiger partial charge on any atom is -0.370 e. The normalized spacial score (nSPS) is 20.6. The van der Waals surface area contributed by atoms with E-state index in [1.807, 2.05) is 13.1 Å². The number of aromatic nitrogens is 2. The second kappa shape index (κ2) is 7.87. The number of hydrogen-bond donors (Lipinski definition) is 3. The summed E-state index contributed by atoms with van der Waals surface area (Å²) in [6, 6.07) is 2.55. The molecule has 0 spiro atoms. The number of halogens is 2. The summed E-state index contributed by atoms with van der Waals surface area (Å²) < 4.78 is 0. The third kappa shape index (κ3) is 4.76. The lowest BCUT2D eigenvalue weighted by atomic mass is 10.3. The van der Waals surface area contributed by atoms with Gasteiger partial charge in [0.05, 0.1) is 0 Å². The van der Waals surface area contributed by atoms with E-state index >= 15 is 0 Å². The van der Waals surface area contributed by atoms with E-state index in [9.17, 15) is 0 Å². The fourth-order valence-corrected chi connectivity index (χ4v) is 2.48. The molecule has 1 aliphatic heterocycles. The standard InChI is InChI=1S/C13H22N6.2ClH/c1-15-10-4-5-19(8-10)12-6-11(17-13(14)18-12)16-7-9-2-3-9;;/h6,9-10,15H,2-5,7-8H2,1H3,(H3,14,16,17,18);2*1H/t10-;;/m1../s1. The van der Waals surface area contributed by atoms with Gasteiger partial charge < -0.3 is 21.3 Å². The lowest BCUT2D eigenvalue weighted by molar-refractivity contribution is 0.616. The van der Waals surface area contributed by atoms with Crippen molar-refractivity contribution in [2.75, 3.05) is 42.6 Å². The number of rotatable bonds is 5. The first-order chi connectivity index (χ1) is 9.24. The summed E-state index contributed by atoms with van der Waals surface area (Å²) in [6.07, 6.45) is 3.80. The summed E-state index contributed by atoms with van der Waals surface area (Å²) in [4.78, 5) is 10.9. The van der Waals surface area contributed by atoms with Gasteiger partial charge in [-0.05, 0) is 32.2 Å². The minimum atomic E-state index is 0. The molecule has 0 aromatic carbocycles. The molecule has 2 fully saturated rings. The Morgan fingerprint density at radius 1 is 1.29 bits per heavy atom.